The molecule has 0 aliphatic carbocycles. The summed E-state index contributed by atoms with van der Waals surface area (Å²) in [5, 5.41) is 28.0. The third-order valence-electron chi connectivity index (χ3n) is 7.63. The van der Waals surface area contributed by atoms with Gasteiger partial charge in [-0.15, -0.1) is 0 Å². The van der Waals surface area contributed by atoms with Crippen LogP contribution in [0.3, 0.4) is 0 Å². The van der Waals surface area contributed by atoms with Gasteiger partial charge in [-0.2, -0.15) is 0 Å². The fourth-order valence-electron chi connectivity index (χ4n) is 5.05. The fraction of sp³-hybridized carbons (Fsp3) is 0.400. The maximum Gasteiger partial charge on any atom is 0.407 e. The molecule has 6 amide bonds. The van der Waals surface area contributed by atoms with E-state index in [4.69, 9.17) is 5.73 Å². The van der Waals surface area contributed by atoms with Crippen molar-refractivity contribution in [2.24, 2.45) is 5.73 Å². The van der Waals surface area contributed by atoms with Crippen molar-refractivity contribution in [2.45, 2.75) is 13.0 Å². The number of fused-ring (bicyclic) bond motifs is 1. The second-order valence-electron chi connectivity index (χ2n) is 10.9. The van der Waals surface area contributed by atoms with E-state index in [9.17, 15) is 38.6 Å². The zero-order valence-electron chi connectivity index (χ0n) is 25.9. The molecular formula is C30H38FN9O7. The Morgan fingerprint density at radius 2 is 1.66 bits per heavy atom. The number of aromatic hydroxyl groups is 1. The molecule has 1 aromatic carbocycles. The van der Waals surface area contributed by atoms with E-state index in [1.165, 1.54) is 34.8 Å². The summed E-state index contributed by atoms with van der Waals surface area (Å²) in [7, 11) is 1.34. The van der Waals surface area contributed by atoms with Crippen LogP contribution in [0, 0.1) is 5.82 Å². The summed E-state index contributed by atoms with van der Waals surface area (Å²) in [5.41, 5.74) is 5.57. The lowest BCUT2D eigenvalue weighted by Crippen LogP contribution is -2.40. The van der Waals surface area contributed by atoms with E-state index in [1.807, 2.05) is 0 Å². The van der Waals surface area contributed by atoms with Crippen LogP contribution in [-0.4, -0.2) is 124 Å². The van der Waals surface area contributed by atoms with Crippen LogP contribution in [0.5, 0.6) is 5.75 Å². The number of halogens is 1. The maximum absolute atomic E-state index is 13.4. The summed E-state index contributed by atoms with van der Waals surface area (Å²) in [6, 6.07) is 7.28. The van der Waals surface area contributed by atoms with Crippen molar-refractivity contribution in [1.29, 1.82) is 0 Å². The lowest BCUT2D eigenvalue weighted by atomic mass is 10.1. The summed E-state index contributed by atoms with van der Waals surface area (Å²) in [6.45, 7) is 3.88. The molecule has 0 bridgehead atoms. The highest BCUT2D eigenvalue weighted by atomic mass is 19.1. The molecular weight excluding hydrogens is 617 g/mol. The Kier molecular flexibility index (Phi) is 11.5. The van der Waals surface area contributed by atoms with Crippen molar-refractivity contribution < 1.29 is 33.8 Å². The first-order chi connectivity index (χ1) is 22.5. The number of amides is 6. The summed E-state index contributed by atoms with van der Waals surface area (Å²) in [4.78, 5) is 68.6. The van der Waals surface area contributed by atoms with Crippen molar-refractivity contribution in [3.05, 3.63) is 69.4 Å². The Bertz CT molecular complexity index is 1680. The third kappa shape index (κ3) is 8.63. The van der Waals surface area contributed by atoms with Crippen molar-refractivity contribution in [2.75, 3.05) is 66.0 Å². The van der Waals surface area contributed by atoms with Gasteiger partial charge >= 0.3 is 18.2 Å². The highest BCUT2D eigenvalue weighted by Crippen LogP contribution is 2.26. The Morgan fingerprint density at radius 1 is 1.02 bits per heavy atom. The molecule has 2 saturated heterocycles. The van der Waals surface area contributed by atoms with Crippen molar-refractivity contribution in [3.8, 4) is 5.75 Å². The van der Waals surface area contributed by atoms with Crippen LogP contribution in [0.1, 0.15) is 21.5 Å². The quantitative estimate of drug-likeness (QED) is 0.166. The van der Waals surface area contributed by atoms with Gasteiger partial charge < -0.3 is 51.2 Å². The van der Waals surface area contributed by atoms with Gasteiger partial charge in [0, 0.05) is 78.7 Å². The Hall–Kier alpha value is -5.45. The number of nitrogens with zero attached hydrogens (tertiary/aromatic N) is 5. The molecule has 16 nitrogen and oxygen atoms in total. The summed E-state index contributed by atoms with van der Waals surface area (Å²) in [5.74, 6) is -1.81. The molecule has 2 aliphatic rings. The largest absolute Gasteiger partial charge is 0.505 e. The molecule has 17 heteroatoms. The smallest absolute Gasteiger partial charge is 0.407 e. The first kappa shape index (κ1) is 34.4. The van der Waals surface area contributed by atoms with E-state index in [-0.39, 0.29) is 55.1 Å². The molecule has 252 valence electrons. The van der Waals surface area contributed by atoms with Gasteiger partial charge in [0.2, 0.25) is 0 Å². The zero-order chi connectivity index (χ0) is 34.1. The number of hydrogen-bond acceptors (Lipinski definition) is 8. The maximum atomic E-state index is 13.4. The number of benzene rings is 1. The van der Waals surface area contributed by atoms with Gasteiger partial charge in [-0.05, 0) is 35.7 Å². The van der Waals surface area contributed by atoms with E-state index in [2.05, 4.69) is 20.9 Å². The predicted molar refractivity (Wildman–Crippen MR) is 169 cm³/mol. The van der Waals surface area contributed by atoms with E-state index in [0.717, 1.165) is 23.6 Å². The SMILES string of the molecule is CN(CCn1c(=O)c(C(=O)NCCN2CCNC2=O)c(O)c2ncc(Cc3ccc(F)cc3)cc21)C(=O)O.NCCN1CCNC1=O. The number of pyridine rings is 2. The van der Waals surface area contributed by atoms with Gasteiger partial charge in [-0.1, -0.05) is 12.1 Å². The second kappa shape index (κ2) is 15.7. The number of carbonyl (C=O) groups excluding carboxylic acids is 3. The van der Waals surface area contributed by atoms with Crippen LogP contribution in [-0.2, 0) is 13.0 Å². The third-order valence-corrected chi connectivity index (χ3v) is 7.63. The van der Waals surface area contributed by atoms with E-state index >= 15 is 0 Å². The van der Waals surface area contributed by atoms with Crippen LogP contribution >= 0.6 is 0 Å². The normalized spacial score (nSPS) is 14.0. The zero-order valence-corrected chi connectivity index (χ0v) is 25.9. The van der Waals surface area contributed by atoms with Gasteiger partial charge in [0.25, 0.3) is 11.5 Å². The van der Waals surface area contributed by atoms with Crippen LogP contribution in [0.15, 0.2) is 41.3 Å². The number of likely N-dealkylation sites (N-methyl/N-ethyl adjacent to an activating group) is 1. The number of nitrogens with one attached hydrogen (secondary N) is 3. The summed E-state index contributed by atoms with van der Waals surface area (Å²) in [6.07, 6.45) is 0.650. The minimum absolute atomic E-state index is 0.00509. The first-order valence-electron chi connectivity index (χ1n) is 15.0. The molecule has 7 N–H and O–H groups in total. The monoisotopic (exact) mass is 655 g/mol. The van der Waals surface area contributed by atoms with Crippen LogP contribution < -0.4 is 27.2 Å². The first-order valence-corrected chi connectivity index (χ1v) is 15.0. The summed E-state index contributed by atoms with van der Waals surface area (Å²) < 4.78 is 14.5. The molecule has 2 aromatic heterocycles. The van der Waals surface area contributed by atoms with Gasteiger partial charge in [0.05, 0.1) is 5.52 Å². The number of aromatic nitrogens is 2. The Balaban J connectivity index is 0.000000479. The van der Waals surface area contributed by atoms with E-state index in [0.29, 0.717) is 38.2 Å². The molecule has 3 aromatic rings. The number of nitrogens with two attached hydrogens (primary N) is 1. The number of rotatable bonds is 11. The highest BCUT2D eigenvalue weighted by Gasteiger charge is 2.25. The van der Waals surface area contributed by atoms with Crippen molar-refractivity contribution in [3.63, 3.8) is 0 Å². The predicted octanol–water partition coefficient (Wildman–Crippen LogP) is 0.167. The van der Waals surface area contributed by atoms with Crippen LogP contribution in [0.4, 0.5) is 18.8 Å². The molecule has 0 unspecified atom stereocenters. The molecule has 0 saturated carbocycles. The van der Waals surface area contributed by atoms with Gasteiger partial charge in [0.1, 0.15) is 16.9 Å². The summed E-state index contributed by atoms with van der Waals surface area (Å²) >= 11 is 0. The molecule has 4 heterocycles. The number of urea groups is 2. The number of carbonyl (C=O) groups is 4. The molecule has 0 radical (unpaired) electrons. The molecule has 2 aliphatic heterocycles. The lowest BCUT2D eigenvalue weighted by molar-refractivity contribution is 0.0945. The average molecular weight is 656 g/mol. The lowest BCUT2D eigenvalue weighted by Gasteiger charge is -2.18. The van der Waals surface area contributed by atoms with Gasteiger partial charge in [-0.25, -0.2) is 18.8 Å². The Morgan fingerprint density at radius 3 is 2.23 bits per heavy atom. The Labute approximate surface area is 268 Å². The van der Waals surface area contributed by atoms with Crippen molar-refractivity contribution >= 4 is 35.1 Å². The second-order valence-corrected chi connectivity index (χ2v) is 10.9. The molecule has 0 atom stereocenters. The van der Waals surface area contributed by atoms with Gasteiger partial charge in [0.15, 0.2) is 5.75 Å². The molecule has 47 heavy (non-hydrogen) atoms. The molecule has 5 rings (SSSR count). The van der Waals surface area contributed by atoms with E-state index in [1.54, 1.807) is 23.1 Å². The van der Waals surface area contributed by atoms with Crippen molar-refractivity contribution in [1.82, 2.24) is 40.2 Å². The number of carboxylic acid groups (broad SMARTS) is 1. The van der Waals surface area contributed by atoms with Crippen LogP contribution in [0.2, 0.25) is 0 Å². The van der Waals surface area contributed by atoms with Gasteiger partial charge in [-0.3, -0.25) is 14.6 Å². The molecule has 2 fully saturated rings. The molecule has 0 spiro atoms. The minimum Gasteiger partial charge on any atom is -0.505 e. The minimum atomic E-state index is -1.19. The highest BCUT2D eigenvalue weighted by molar-refractivity contribution is 6.01. The topological polar surface area (TPSA) is 215 Å². The standard InChI is InChI=1S/C25H27FN6O6.C5H11N3O/c1-30(25(37)38)10-11-32-18-13-16(12-15-2-4-17(26)5-3-15)14-29-20(18)21(33)19(23(32)35)22(34)27-6-8-31-9-7-28-24(31)36;6-1-3-8-4-2-7-5(8)9/h2-5,13-14,33H,6-12H2,1H3,(H,27,34)(H,28,36)(H,37,38);1-4,6H2,(H,7,9). The number of hydrogen-bond donors (Lipinski definition) is 6. The average Bonchev–Trinajstić information content (AvgIpc) is 3.65. The van der Waals surface area contributed by atoms with Crippen LogP contribution in [0.25, 0.3) is 11.0 Å². The fourth-order valence-corrected chi connectivity index (χ4v) is 5.05. The van der Waals surface area contributed by atoms with E-state index < -0.39 is 28.9 Å².